The highest BCUT2D eigenvalue weighted by Crippen LogP contribution is 2.23. The third-order valence-electron chi connectivity index (χ3n) is 5.76. The number of hydrogen-bond donors (Lipinski definition) is 0. The third-order valence-corrected chi connectivity index (χ3v) is 5.99. The van der Waals surface area contributed by atoms with E-state index in [4.69, 9.17) is 17.2 Å². The summed E-state index contributed by atoms with van der Waals surface area (Å²) < 4.78 is 5.31. The van der Waals surface area contributed by atoms with Crippen LogP contribution in [0.3, 0.4) is 0 Å². The highest BCUT2D eigenvalue weighted by atomic mass is 32.1. The smallest absolute Gasteiger partial charge is 0.323 e. The van der Waals surface area contributed by atoms with E-state index in [1.54, 1.807) is 23.1 Å². The van der Waals surface area contributed by atoms with Gasteiger partial charge in [0.15, 0.2) is 5.78 Å². The lowest BCUT2D eigenvalue weighted by Gasteiger charge is -2.38. The topological polar surface area (TPSA) is 65.8 Å². The molecule has 1 aliphatic heterocycles. The van der Waals surface area contributed by atoms with Crippen LogP contribution in [0.2, 0.25) is 0 Å². The van der Waals surface area contributed by atoms with Gasteiger partial charge in [0.25, 0.3) is 6.20 Å². The molecule has 1 aromatic heterocycles. The van der Waals surface area contributed by atoms with Gasteiger partial charge in [-0.1, -0.05) is 54.6 Å². The van der Waals surface area contributed by atoms with E-state index in [0.717, 1.165) is 32.2 Å². The number of aliphatic imine (C=N–C) groups is 1. The van der Waals surface area contributed by atoms with Crippen molar-refractivity contribution in [1.82, 2.24) is 10.2 Å². The zero-order chi connectivity index (χ0) is 20.1. The Balaban J connectivity index is 1.31. The van der Waals surface area contributed by atoms with E-state index < -0.39 is 0 Å². The van der Waals surface area contributed by atoms with Crippen LogP contribution in [0.5, 0.6) is 0 Å². The Kier molecular flexibility index (Phi) is 6.51. The molecule has 0 unspecified atom stereocenters. The highest BCUT2D eigenvalue weighted by molar-refractivity contribution is 7.77. The molecule has 1 aromatic carbocycles. The Labute approximate surface area is 176 Å². The van der Waals surface area contributed by atoms with Crippen LogP contribution in [0.1, 0.15) is 48.9 Å². The van der Waals surface area contributed by atoms with Crippen molar-refractivity contribution in [2.45, 2.75) is 44.6 Å². The summed E-state index contributed by atoms with van der Waals surface area (Å²) in [5, 5.41) is 6.53. The molecule has 0 bridgehead atoms. The summed E-state index contributed by atoms with van der Waals surface area (Å²) in [6.45, 7) is 3.90. The van der Waals surface area contributed by atoms with Gasteiger partial charge in [-0.3, -0.25) is 14.2 Å². The molecule has 1 saturated carbocycles. The normalized spacial score (nSPS) is 19.4. The van der Waals surface area contributed by atoms with Gasteiger partial charge in [0, 0.05) is 31.1 Å². The first-order valence-electron chi connectivity index (χ1n) is 10.4. The lowest BCUT2D eigenvalue weighted by atomic mass is 9.94. The second-order valence-corrected chi connectivity index (χ2v) is 8.18. The van der Waals surface area contributed by atoms with E-state index in [1.165, 1.54) is 32.1 Å². The lowest BCUT2D eigenvalue weighted by Crippen LogP contribution is -2.66. The molecule has 8 heteroatoms. The molecule has 7 nitrogen and oxygen atoms in total. The molecule has 1 saturated heterocycles. The van der Waals surface area contributed by atoms with Crippen molar-refractivity contribution >= 4 is 29.3 Å². The van der Waals surface area contributed by atoms with E-state index in [0.29, 0.717) is 16.5 Å². The second-order valence-electron chi connectivity index (χ2n) is 7.71. The first-order valence-corrected chi connectivity index (χ1v) is 10.8. The van der Waals surface area contributed by atoms with Crippen LogP contribution in [-0.4, -0.2) is 53.2 Å². The molecule has 2 fully saturated rings. The van der Waals surface area contributed by atoms with E-state index >= 15 is 0 Å². The summed E-state index contributed by atoms with van der Waals surface area (Å²) >= 11 is 5.26. The van der Waals surface area contributed by atoms with Crippen molar-refractivity contribution in [3.8, 4) is 0 Å². The zero-order valence-electron chi connectivity index (χ0n) is 16.6. The van der Waals surface area contributed by atoms with Crippen molar-refractivity contribution in [3.05, 3.63) is 42.1 Å². The lowest BCUT2D eigenvalue weighted by molar-refractivity contribution is -0.759. The quantitative estimate of drug-likeness (QED) is 0.238. The summed E-state index contributed by atoms with van der Waals surface area (Å²) in [7, 11) is 0. The minimum atomic E-state index is -0.0504. The predicted molar refractivity (Wildman–Crippen MR) is 113 cm³/mol. The first kappa shape index (κ1) is 20.0. The van der Waals surface area contributed by atoms with E-state index in [-0.39, 0.29) is 12.2 Å². The number of rotatable bonds is 6. The van der Waals surface area contributed by atoms with Crippen LogP contribution in [0.25, 0.3) is 0 Å². The van der Waals surface area contributed by atoms with Gasteiger partial charge < -0.3 is 12.6 Å². The Morgan fingerprint density at radius 2 is 1.86 bits per heavy atom. The van der Waals surface area contributed by atoms with Gasteiger partial charge >= 0.3 is 5.88 Å². The van der Waals surface area contributed by atoms with Gasteiger partial charge in [-0.25, -0.2) is 4.99 Å². The van der Waals surface area contributed by atoms with Crippen LogP contribution >= 0.6 is 0 Å². The number of piperazine rings is 1. The molecule has 29 heavy (non-hydrogen) atoms. The molecule has 0 amide bonds. The number of nitrogens with zero attached hydrogens (tertiary/aromatic N) is 5. The molecule has 2 aromatic rings. The number of carbonyl (C=O) groups excluding carboxylic acids is 1. The molecule has 0 N–H and O–H groups in total. The maximum atomic E-state index is 12.2. The zero-order valence-corrected chi connectivity index (χ0v) is 17.4. The van der Waals surface area contributed by atoms with Gasteiger partial charge in [-0.05, 0) is 12.8 Å². The Hall–Kier alpha value is -2.32. The van der Waals surface area contributed by atoms with Gasteiger partial charge in [-0.2, -0.15) is 5.01 Å². The van der Waals surface area contributed by atoms with E-state index in [1.807, 2.05) is 18.2 Å². The van der Waals surface area contributed by atoms with Crippen molar-refractivity contribution in [2.24, 2.45) is 4.99 Å². The fourth-order valence-corrected chi connectivity index (χ4v) is 4.39. The molecule has 2 heterocycles. The van der Waals surface area contributed by atoms with Crippen molar-refractivity contribution < 1.29 is 14.1 Å². The van der Waals surface area contributed by atoms with Gasteiger partial charge in [-0.15, -0.1) is 0 Å². The number of Topliss-reactive ketones (excluding diaryl/α,β-unsaturated/α-hetero) is 1. The maximum absolute atomic E-state index is 12.2. The largest absolute Gasteiger partial charge is 0.764 e. The number of ketones is 1. The number of hydrogen-bond acceptors (Lipinski definition) is 7. The standard InChI is InChI=1S/C21H27N5O2S/c27-19(17-7-3-1-4-8-17)15-21(29)22-20-16-26(23-28-20)25-13-11-24(12-14-25)18-9-5-2-6-10-18/h1,3-4,7-8,16,18H,2,5-6,9-15H2. The van der Waals surface area contributed by atoms with Crippen LogP contribution in [0, 0.1) is 0 Å². The SMILES string of the molecule is O=C(CC([S-])=Nc1c[n+](N2CCN(C3CCCCC3)CC2)no1)c1ccccc1. The monoisotopic (exact) mass is 413 g/mol. The molecule has 0 atom stereocenters. The number of benzene rings is 1. The molecule has 154 valence electrons. The Morgan fingerprint density at radius 1 is 1.14 bits per heavy atom. The molecule has 4 rings (SSSR count). The number of aromatic nitrogens is 2. The first-order chi connectivity index (χ1) is 14.2. The van der Waals surface area contributed by atoms with E-state index in [2.05, 4.69) is 20.2 Å². The second kappa shape index (κ2) is 9.45. The molecule has 1 aliphatic carbocycles. The summed E-state index contributed by atoms with van der Waals surface area (Å²) in [6.07, 6.45) is 8.59. The summed E-state index contributed by atoms with van der Waals surface area (Å²) in [5.74, 6) is 0.274. The Bertz CT molecular complexity index is 840. The average molecular weight is 414 g/mol. The molecule has 0 spiro atoms. The van der Waals surface area contributed by atoms with Gasteiger partial charge in [0.2, 0.25) is 5.27 Å². The summed E-state index contributed by atoms with van der Waals surface area (Å²) in [4.78, 5) is 20.8. The van der Waals surface area contributed by atoms with Crippen molar-refractivity contribution in [2.75, 3.05) is 31.2 Å². The third kappa shape index (κ3) is 5.19. The number of carbonyl (C=O) groups is 1. The molecular formula is C21H27N5O2S. The highest BCUT2D eigenvalue weighted by Gasteiger charge is 2.29. The van der Waals surface area contributed by atoms with Crippen molar-refractivity contribution in [1.29, 1.82) is 0 Å². The molecular weight excluding hydrogens is 386 g/mol. The Morgan fingerprint density at radius 3 is 2.59 bits per heavy atom. The van der Waals surface area contributed by atoms with Crippen LogP contribution in [-0.2, 0) is 12.6 Å². The average Bonchev–Trinajstić information content (AvgIpc) is 3.23. The van der Waals surface area contributed by atoms with Crippen LogP contribution < -0.4 is 9.80 Å². The molecule has 0 radical (unpaired) electrons. The fourth-order valence-electron chi connectivity index (χ4n) is 4.17. The van der Waals surface area contributed by atoms with Gasteiger partial charge in [0.1, 0.15) is 0 Å². The maximum Gasteiger partial charge on any atom is 0.323 e. The predicted octanol–water partition coefficient (Wildman–Crippen LogP) is 2.40. The van der Waals surface area contributed by atoms with E-state index in [9.17, 15) is 4.79 Å². The van der Waals surface area contributed by atoms with Crippen molar-refractivity contribution in [3.63, 3.8) is 0 Å². The van der Waals surface area contributed by atoms with Crippen LogP contribution in [0.4, 0.5) is 5.88 Å². The van der Waals surface area contributed by atoms with Gasteiger partial charge in [0.05, 0.1) is 17.9 Å². The summed E-state index contributed by atoms with van der Waals surface area (Å²) in [6, 6.07) is 9.85. The minimum absolute atomic E-state index is 0.0504. The van der Waals surface area contributed by atoms with Crippen LogP contribution in [0.15, 0.2) is 46.0 Å². The fraction of sp³-hybridized carbons (Fsp3) is 0.524. The minimum Gasteiger partial charge on any atom is -0.764 e. The molecule has 2 aliphatic rings. The summed E-state index contributed by atoms with van der Waals surface area (Å²) in [5.41, 5.74) is 0.633.